The number of halogens is 1. The Kier molecular flexibility index (Phi) is 5.23. The first kappa shape index (κ1) is 17.9. The molecule has 3 rings (SSSR count). The highest BCUT2D eigenvalue weighted by molar-refractivity contribution is 9.10. The number of hydrogen-bond acceptors (Lipinski definition) is 3. The number of nitrogens with zero attached hydrogens (tertiary/aromatic N) is 2. The molecule has 0 spiro atoms. The normalized spacial score (nSPS) is 10.4. The molecule has 0 fully saturated rings. The van der Waals surface area contributed by atoms with E-state index >= 15 is 0 Å². The van der Waals surface area contributed by atoms with Crippen LogP contribution in [0.4, 0.5) is 11.4 Å². The fraction of sp³-hybridized carbons (Fsp3) is 0.100. The van der Waals surface area contributed by atoms with Gasteiger partial charge < -0.3 is 14.2 Å². The van der Waals surface area contributed by atoms with Crippen LogP contribution in [0.3, 0.4) is 0 Å². The van der Waals surface area contributed by atoms with E-state index in [0.29, 0.717) is 15.9 Å². The Hall–Kier alpha value is -2.86. The second kappa shape index (κ2) is 7.58. The fourth-order valence-electron chi connectivity index (χ4n) is 2.60. The van der Waals surface area contributed by atoms with Gasteiger partial charge in [-0.2, -0.15) is 0 Å². The van der Waals surface area contributed by atoms with E-state index in [0.717, 1.165) is 5.69 Å². The van der Waals surface area contributed by atoms with Crippen molar-refractivity contribution in [2.45, 2.75) is 0 Å². The van der Waals surface area contributed by atoms with E-state index in [4.69, 9.17) is 4.42 Å². The highest BCUT2D eigenvalue weighted by atomic mass is 79.9. The SMILES string of the molecule is CN(C(=O)c1ccccc1N(C)C(=O)c1ccc(Br)o1)c1ccccc1. The molecule has 0 saturated heterocycles. The minimum absolute atomic E-state index is 0.193. The van der Waals surface area contributed by atoms with Crippen LogP contribution in [0, 0.1) is 0 Å². The number of carbonyl (C=O) groups is 2. The molecule has 0 saturated carbocycles. The molecule has 2 amide bonds. The molecule has 0 atom stereocenters. The Morgan fingerprint density at radius 1 is 0.808 bits per heavy atom. The van der Waals surface area contributed by atoms with Crippen molar-refractivity contribution in [3.8, 4) is 0 Å². The van der Waals surface area contributed by atoms with Crippen molar-refractivity contribution >= 4 is 39.1 Å². The molecule has 5 nitrogen and oxygen atoms in total. The molecule has 0 unspecified atom stereocenters. The molecule has 3 aromatic rings. The third kappa shape index (κ3) is 3.55. The van der Waals surface area contributed by atoms with Crippen LogP contribution in [0.15, 0.2) is 75.8 Å². The molecule has 0 aliphatic heterocycles. The van der Waals surface area contributed by atoms with Gasteiger partial charge in [-0.1, -0.05) is 30.3 Å². The summed E-state index contributed by atoms with van der Waals surface area (Å²) in [6, 6.07) is 19.6. The van der Waals surface area contributed by atoms with Crippen LogP contribution in [-0.4, -0.2) is 25.9 Å². The zero-order valence-corrected chi connectivity index (χ0v) is 15.9. The second-order valence-corrected chi connectivity index (χ2v) is 6.47. The first-order valence-electron chi connectivity index (χ1n) is 7.94. The van der Waals surface area contributed by atoms with Gasteiger partial charge in [0, 0.05) is 19.8 Å². The molecule has 0 aliphatic carbocycles. The minimum Gasteiger partial charge on any atom is -0.444 e. The van der Waals surface area contributed by atoms with Crippen LogP contribution in [0.5, 0.6) is 0 Å². The Balaban J connectivity index is 1.93. The van der Waals surface area contributed by atoms with Gasteiger partial charge in [-0.25, -0.2) is 0 Å². The van der Waals surface area contributed by atoms with Crippen molar-refractivity contribution in [3.05, 3.63) is 82.7 Å². The summed E-state index contributed by atoms with van der Waals surface area (Å²) in [7, 11) is 3.33. The predicted molar refractivity (Wildman–Crippen MR) is 105 cm³/mol. The monoisotopic (exact) mass is 412 g/mol. The van der Waals surface area contributed by atoms with Crippen molar-refractivity contribution in [1.82, 2.24) is 0 Å². The van der Waals surface area contributed by atoms with Crippen molar-refractivity contribution in [1.29, 1.82) is 0 Å². The lowest BCUT2D eigenvalue weighted by atomic mass is 10.1. The van der Waals surface area contributed by atoms with Gasteiger partial charge in [0.1, 0.15) is 0 Å². The number of furan rings is 1. The van der Waals surface area contributed by atoms with Crippen LogP contribution < -0.4 is 9.80 Å². The largest absolute Gasteiger partial charge is 0.444 e. The summed E-state index contributed by atoms with van der Waals surface area (Å²) < 4.78 is 5.81. The first-order chi connectivity index (χ1) is 12.5. The zero-order chi connectivity index (χ0) is 18.7. The van der Waals surface area contributed by atoms with Gasteiger partial charge in [0.2, 0.25) is 0 Å². The van der Waals surface area contributed by atoms with E-state index < -0.39 is 0 Å². The van der Waals surface area contributed by atoms with Gasteiger partial charge in [0.05, 0.1) is 11.3 Å². The third-order valence-electron chi connectivity index (χ3n) is 4.03. The Bertz CT molecular complexity index is 937. The van der Waals surface area contributed by atoms with E-state index in [1.165, 1.54) is 4.90 Å². The maximum absolute atomic E-state index is 13.0. The van der Waals surface area contributed by atoms with Crippen molar-refractivity contribution in [2.24, 2.45) is 0 Å². The highest BCUT2D eigenvalue weighted by Gasteiger charge is 2.23. The number of anilines is 2. The molecule has 0 bridgehead atoms. The number of hydrogen-bond donors (Lipinski definition) is 0. The lowest BCUT2D eigenvalue weighted by molar-refractivity contribution is 0.0965. The average Bonchev–Trinajstić information content (AvgIpc) is 3.12. The maximum Gasteiger partial charge on any atom is 0.293 e. The number of rotatable bonds is 4. The predicted octanol–water partition coefficient (Wildman–Crippen LogP) is 4.60. The van der Waals surface area contributed by atoms with Gasteiger partial charge >= 0.3 is 0 Å². The second-order valence-electron chi connectivity index (χ2n) is 5.68. The maximum atomic E-state index is 13.0. The average molecular weight is 413 g/mol. The molecule has 1 heterocycles. The smallest absolute Gasteiger partial charge is 0.293 e. The van der Waals surface area contributed by atoms with E-state index in [1.807, 2.05) is 30.3 Å². The molecule has 26 heavy (non-hydrogen) atoms. The summed E-state index contributed by atoms with van der Waals surface area (Å²) in [5, 5.41) is 0. The van der Waals surface area contributed by atoms with E-state index in [1.54, 1.807) is 55.4 Å². The fourth-order valence-corrected chi connectivity index (χ4v) is 2.91. The van der Waals surface area contributed by atoms with Crippen LogP contribution >= 0.6 is 15.9 Å². The Morgan fingerprint density at radius 2 is 1.46 bits per heavy atom. The van der Waals surface area contributed by atoms with Crippen molar-refractivity contribution in [3.63, 3.8) is 0 Å². The van der Waals surface area contributed by atoms with E-state index in [9.17, 15) is 9.59 Å². The molecular weight excluding hydrogens is 396 g/mol. The molecule has 2 aromatic carbocycles. The van der Waals surface area contributed by atoms with Crippen LogP contribution in [0.2, 0.25) is 0 Å². The van der Waals surface area contributed by atoms with Gasteiger partial charge in [-0.05, 0) is 52.3 Å². The van der Waals surface area contributed by atoms with Crippen LogP contribution in [0.1, 0.15) is 20.9 Å². The summed E-state index contributed by atoms with van der Waals surface area (Å²) in [5.74, 6) is -0.344. The van der Waals surface area contributed by atoms with Gasteiger partial charge in [-0.15, -0.1) is 0 Å². The van der Waals surface area contributed by atoms with Gasteiger partial charge in [0.25, 0.3) is 11.8 Å². The third-order valence-corrected chi connectivity index (χ3v) is 4.46. The Labute approximate surface area is 160 Å². The topological polar surface area (TPSA) is 53.8 Å². The molecule has 1 aromatic heterocycles. The van der Waals surface area contributed by atoms with Crippen molar-refractivity contribution in [2.75, 3.05) is 23.9 Å². The summed E-state index contributed by atoms with van der Waals surface area (Å²) in [4.78, 5) is 28.6. The summed E-state index contributed by atoms with van der Waals surface area (Å²) in [5.41, 5.74) is 1.72. The van der Waals surface area contributed by atoms with Crippen LogP contribution in [0.25, 0.3) is 0 Å². The van der Waals surface area contributed by atoms with E-state index in [2.05, 4.69) is 15.9 Å². The summed E-state index contributed by atoms with van der Waals surface area (Å²) in [6.45, 7) is 0. The van der Waals surface area contributed by atoms with E-state index in [-0.39, 0.29) is 17.6 Å². The quantitative estimate of drug-likeness (QED) is 0.629. The molecule has 132 valence electrons. The van der Waals surface area contributed by atoms with Crippen molar-refractivity contribution < 1.29 is 14.0 Å². The standard InChI is InChI=1S/C20H17BrN2O3/c1-22(14-8-4-3-5-9-14)19(24)15-10-6-7-11-16(15)23(2)20(25)17-12-13-18(21)26-17/h3-13H,1-2H3. The molecular formula is C20H17BrN2O3. The first-order valence-corrected chi connectivity index (χ1v) is 8.74. The number of para-hydroxylation sites is 2. The van der Waals surface area contributed by atoms with Gasteiger partial charge in [0.15, 0.2) is 10.4 Å². The number of carbonyl (C=O) groups excluding carboxylic acids is 2. The number of benzene rings is 2. The summed E-state index contributed by atoms with van der Waals surface area (Å²) in [6.07, 6.45) is 0. The van der Waals surface area contributed by atoms with Gasteiger partial charge in [-0.3, -0.25) is 9.59 Å². The molecule has 0 N–H and O–H groups in total. The molecule has 0 radical (unpaired) electrons. The lowest BCUT2D eigenvalue weighted by Gasteiger charge is -2.23. The Morgan fingerprint density at radius 3 is 2.12 bits per heavy atom. The minimum atomic E-state index is -0.335. The molecule has 0 aliphatic rings. The van der Waals surface area contributed by atoms with Crippen LogP contribution in [-0.2, 0) is 0 Å². The zero-order valence-electron chi connectivity index (χ0n) is 14.3. The highest BCUT2D eigenvalue weighted by Crippen LogP contribution is 2.25. The number of amides is 2. The molecule has 6 heteroatoms. The summed E-state index contributed by atoms with van der Waals surface area (Å²) >= 11 is 3.19. The lowest BCUT2D eigenvalue weighted by Crippen LogP contribution is -2.31.